The summed E-state index contributed by atoms with van der Waals surface area (Å²) in [6.45, 7) is 0. The average Bonchev–Trinajstić information content (AvgIpc) is 2.20. The van der Waals surface area contributed by atoms with Crippen LogP contribution in [0.4, 0.5) is 5.69 Å². The lowest BCUT2D eigenvalue weighted by Crippen LogP contribution is -1.87. The van der Waals surface area contributed by atoms with Gasteiger partial charge in [-0.25, -0.2) is 0 Å². The molecule has 2 nitrogen and oxygen atoms in total. The lowest BCUT2D eigenvalue weighted by atomic mass is 10.1. The molecule has 1 aromatic heterocycles. The van der Waals surface area contributed by atoms with Gasteiger partial charge in [-0.1, -0.05) is 30.3 Å². The van der Waals surface area contributed by atoms with Crippen molar-refractivity contribution in [1.82, 2.24) is 4.98 Å². The minimum absolute atomic E-state index is 0. The summed E-state index contributed by atoms with van der Waals surface area (Å²) < 4.78 is 0. The Bertz CT molecular complexity index is 384. The zero-order valence-electron chi connectivity index (χ0n) is 7.55. The van der Waals surface area contributed by atoms with Crippen LogP contribution in [-0.4, -0.2) is 4.98 Å². The molecule has 0 aliphatic carbocycles. The van der Waals surface area contributed by atoms with E-state index in [0.717, 1.165) is 11.3 Å². The van der Waals surface area contributed by atoms with Gasteiger partial charge in [0.1, 0.15) is 0 Å². The maximum absolute atomic E-state index is 5.54. The average molecular weight is 207 g/mol. The molecule has 0 saturated carbocycles. The Kier molecular flexibility index (Phi) is 3.48. The number of hydrogen-bond acceptors (Lipinski definition) is 2. The molecule has 0 aliphatic rings. The highest BCUT2D eigenvalue weighted by Crippen LogP contribution is 2.16. The lowest BCUT2D eigenvalue weighted by molar-refractivity contribution is 1.33. The van der Waals surface area contributed by atoms with Crippen molar-refractivity contribution in [2.45, 2.75) is 0 Å². The minimum atomic E-state index is 0. The van der Waals surface area contributed by atoms with Gasteiger partial charge in [0, 0.05) is 5.56 Å². The fourth-order valence-electron chi connectivity index (χ4n) is 1.18. The quantitative estimate of drug-likeness (QED) is 0.779. The number of aromatic nitrogens is 1. The number of benzene rings is 1. The maximum Gasteiger partial charge on any atom is 0.0703 e. The molecule has 0 amide bonds. The Balaban J connectivity index is 0.000000980. The first kappa shape index (κ1) is 10.5. The zero-order valence-corrected chi connectivity index (χ0v) is 8.37. The monoisotopic (exact) mass is 206 g/mol. The molecule has 2 aromatic rings. The summed E-state index contributed by atoms with van der Waals surface area (Å²) in [5.74, 6) is 0. The van der Waals surface area contributed by atoms with Gasteiger partial charge in [0.05, 0.1) is 17.6 Å². The third kappa shape index (κ3) is 2.24. The summed E-state index contributed by atoms with van der Waals surface area (Å²) >= 11 is 0. The largest absolute Gasteiger partial charge is 0.397 e. The highest BCUT2D eigenvalue weighted by molar-refractivity contribution is 5.85. The van der Waals surface area contributed by atoms with Gasteiger partial charge in [-0.2, -0.15) is 0 Å². The molecule has 0 fully saturated rings. The van der Waals surface area contributed by atoms with Crippen LogP contribution in [0.15, 0.2) is 48.7 Å². The molecule has 72 valence electrons. The molecule has 0 radical (unpaired) electrons. The van der Waals surface area contributed by atoms with Crippen LogP contribution in [0.2, 0.25) is 0 Å². The van der Waals surface area contributed by atoms with E-state index in [4.69, 9.17) is 5.73 Å². The van der Waals surface area contributed by atoms with Crippen LogP contribution in [-0.2, 0) is 0 Å². The van der Waals surface area contributed by atoms with Crippen LogP contribution in [0.5, 0.6) is 0 Å². The molecule has 3 heteroatoms. The van der Waals surface area contributed by atoms with E-state index in [0.29, 0.717) is 5.69 Å². The lowest BCUT2D eigenvalue weighted by Gasteiger charge is -1.99. The fraction of sp³-hybridized carbons (Fsp3) is 0. The van der Waals surface area contributed by atoms with E-state index in [2.05, 4.69) is 4.98 Å². The second kappa shape index (κ2) is 4.63. The van der Waals surface area contributed by atoms with E-state index in [-0.39, 0.29) is 12.4 Å². The highest BCUT2D eigenvalue weighted by Gasteiger charge is 1.95. The van der Waals surface area contributed by atoms with Crippen molar-refractivity contribution in [1.29, 1.82) is 0 Å². The third-order valence-corrected chi connectivity index (χ3v) is 1.86. The van der Waals surface area contributed by atoms with Gasteiger partial charge in [0.2, 0.25) is 0 Å². The first-order valence-corrected chi connectivity index (χ1v) is 4.13. The van der Waals surface area contributed by atoms with Crippen LogP contribution in [0.1, 0.15) is 0 Å². The van der Waals surface area contributed by atoms with E-state index >= 15 is 0 Å². The number of nitrogens with zero attached hydrogens (tertiary/aromatic N) is 1. The van der Waals surface area contributed by atoms with E-state index in [1.54, 1.807) is 6.20 Å². The number of nitrogens with two attached hydrogens (primary N) is 1. The smallest absolute Gasteiger partial charge is 0.0703 e. The van der Waals surface area contributed by atoms with Crippen molar-refractivity contribution in [2.24, 2.45) is 0 Å². The Morgan fingerprint density at radius 1 is 0.929 bits per heavy atom. The van der Waals surface area contributed by atoms with Crippen LogP contribution in [0.25, 0.3) is 11.3 Å². The zero-order chi connectivity index (χ0) is 9.10. The van der Waals surface area contributed by atoms with E-state index in [1.807, 2.05) is 42.5 Å². The van der Waals surface area contributed by atoms with Gasteiger partial charge in [0.25, 0.3) is 0 Å². The van der Waals surface area contributed by atoms with Crippen LogP contribution in [0.3, 0.4) is 0 Å². The molecule has 0 atom stereocenters. The SMILES string of the molecule is Cl.Nc1ccc(-c2ccccc2)nc1. The molecule has 2 rings (SSSR count). The summed E-state index contributed by atoms with van der Waals surface area (Å²) in [6, 6.07) is 13.8. The third-order valence-electron chi connectivity index (χ3n) is 1.86. The standard InChI is InChI=1S/C11H10N2.ClH/c12-10-6-7-11(13-8-10)9-4-2-1-3-5-9;/h1-8H,12H2;1H. The molecule has 0 bridgehead atoms. The molecular weight excluding hydrogens is 196 g/mol. The van der Waals surface area contributed by atoms with Gasteiger partial charge in [-0.05, 0) is 12.1 Å². The minimum Gasteiger partial charge on any atom is -0.397 e. The van der Waals surface area contributed by atoms with Crippen molar-refractivity contribution in [3.05, 3.63) is 48.7 Å². The molecule has 0 spiro atoms. The second-order valence-corrected chi connectivity index (χ2v) is 2.84. The summed E-state index contributed by atoms with van der Waals surface area (Å²) in [5.41, 5.74) is 8.30. The number of halogens is 1. The van der Waals surface area contributed by atoms with E-state index in [9.17, 15) is 0 Å². The van der Waals surface area contributed by atoms with E-state index in [1.165, 1.54) is 0 Å². The molecule has 0 unspecified atom stereocenters. The Labute approximate surface area is 89.2 Å². The maximum atomic E-state index is 5.54. The molecule has 1 aromatic carbocycles. The van der Waals surface area contributed by atoms with Crippen molar-refractivity contribution in [2.75, 3.05) is 5.73 Å². The Morgan fingerprint density at radius 3 is 2.21 bits per heavy atom. The summed E-state index contributed by atoms with van der Waals surface area (Å²) in [5, 5.41) is 0. The van der Waals surface area contributed by atoms with Crippen molar-refractivity contribution >= 4 is 18.1 Å². The number of anilines is 1. The van der Waals surface area contributed by atoms with Gasteiger partial charge in [-0.3, -0.25) is 4.98 Å². The second-order valence-electron chi connectivity index (χ2n) is 2.84. The predicted octanol–water partition coefficient (Wildman–Crippen LogP) is 2.75. The fourth-order valence-corrected chi connectivity index (χ4v) is 1.18. The van der Waals surface area contributed by atoms with Crippen molar-refractivity contribution < 1.29 is 0 Å². The Hall–Kier alpha value is -1.54. The van der Waals surface area contributed by atoms with Gasteiger partial charge >= 0.3 is 0 Å². The molecule has 2 N–H and O–H groups in total. The molecular formula is C11H11ClN2. The summed E-state index contributed by atoms with van der Waals surface area (Å²) in [4.78, 5) is 4.22. The number of pyridine rings is 1. The molecule has 1 heterocycles. The van der Waals surface area contributed by atoms with Crippen LogP contribution >= 0.6 is 12.4 Å². The number of hydrogen-bond donors (Lipinski definition) is 1. The van der Waals surface area contributed by atoms with Crippen molar-refractivity contribution in [3.63, 3.8) is 0 Å². The first-order valence-electron chi connectivity index (χ1n) is 4.13. The van der Waals surface area contributed by atoms with Crippen LogP contribution < -0.4 is 5.73 Å². The highest BCUT2D eigenvalue weighted by atomic mass is 35.5. The topological polar surface area (TPSA) is 38.9 Å². The molecule has 14 heavy (non-hydrogen) atoms. The number of rotatable bonds is 1. The Morgan fingerprint density at radius 2 is 1.64 bits per heavy atom. The van der Waals surface area contributed by atoms with Gasteiger partial charge < -0.3 is 5.73 Å². The van der Waals surface area contributed by atoms with Gasteiger partial charge in [-0.15, -0.1) is 12.4 Å². The summed E-state index contributed by atoms with van der Waals surface area (Å²) in [7, 11) is 0. The van der Waals surface area contributed by atoms with Gasteiger partial charge in [0.15, 0.2) is 0 Å². The molecule has 0 aliphatic heterocycles. The normalized spacial score (nSPS) is 9.14. The van der Waals surface area contributed by atoms with Crippen molar-refractivity contribution in [3.8, 4) is 11.3 Å². The molecule has 0 saturated heterocycles. The predicted molar refractivity (Wildman–Crippen MR) is 61.3 cm³/mol. The first-order chi connectivity index (χ1) is 6.36. The summed E-state index contributed by atoms with van der Waals surface area (Å²) in [6.07, 6.45) is 1.67. The number of nitrogen functional groups attached to an aromatic ring is 1. The van der Waals surface area contributed by atoms with Crippen LogP contribution in [0, 0.1) is 0 Å². The van der Waals surface area contributed by atoms with E-state index < -0.39 is 0 Å².